The molecule has 2 atom stereocenters. The number of pyridine rings is 1. The molecule has 0 saturated carbocycles. The zero-order chi connectivity index (χ0) is 17.6. The van der Waals surface area contributed by atoms with E-state index < -0.39 is 12.0 Å². The molecule has 0 spiro atoms. The Morgan fingerprint density at radius 1 is 1.16 bits per heavy atom. The summed E-state index contributed by atoms with van der Waals surface area (Å²) in [5.74, 6) is -0.323. The Morgan fingerprint density at radius 3 is 2.48 bits per heavy atom. The molecule has 0 bridgehead atoms. The number of aromatic nitrogens is 1. The minimum Gasteiger partial charge on any atom is -0.480 e. The minimum absolute atomic E-state index is 0.0713. The van der Waals surface area contributed by atoms with E-state index in [4.69, 9.17) is 5.11 Å². The monoisotopic (exact) mass is 346 g/mol. The predicted molar refractivity (Wildman–Crippen MR) is 94.4 cm³/mol. The second-order valence-electron chi connectivity index (χ2n) is 6.90. The number of hydrogen-bond acceptors (Lipinski definition) is 5. The lowest BCUT2D eigenvalue weighted by Crippen LogP contribution is -2.45. The number of hydrogen-bond donors (Lipinski definition) is 3. The smallest absolute Gasteiger partial charge is 0.320 e. The van der Waals surface area contributed by atoms with Crippen molar-refractivity contribution < 1.29 is 14.7 Å². The second kappa shape index (κ2) is 8.29. The van der Waals surface area contributed by atoms with Gasteiger partial charge < -0.3 is 15.3 Å². The van der Waals surface area contributed by atoms with Gasteiger partial charge in [-0.2, -0.15) is 0 Å². The fourth-order valence-corrected chi connectivity index (χ4v) is 3.70. The number of rotatable bonds is 6. The zero-order valence-corrected chi connectivity index (χ0v) is 14.4. The van der Waals surface area contributed by atoms with Crippen LogP contribution < -0.4 is 15.5 Å². The summed E-state index contributed by atoms with van der Waals surface area (Å²) < 4.78 is 0. The van der Waals surface area contributed by atoms with Crippen molar-refractivity contribution in [2.24, 2.45) is 5.92 Å². The Balaban J connectivity index is 1.34. The maximum atomic E-state index is 12.1. The lowest BCUT2D eigenvalue weighted by atomic mass is 9.93. The lowest BCUT2D eigenvalue weighted by Gasteiger charge is -2.33. The molecule has 3 N–H and O–H groups in total. The quantitative estimate of drug-likeness (QED) is 0.712. The average Bonchev–Trinajstić information content (AvgIpc) is 3.14. The van der Waals surface area contributed by atoms with Gasteiger partial charge in [-0.15, -0.1) is 0 Å². The number of anilines is 1. The van der Waals surface area contributed by atoms with Crippen LogP contribution in [0.4, 0.5) is 5.69 Å². The van der Waals surface area contributed by atoms with E-state index in [9.17, 15) is 9.59 Å². The summed E-state index contributed by atoms with van der Waals surface area (Å²) in [7, 11) is 0. The summed E-state index contributed by atoms with van der Waals surface area (Å²) in [6.07, 6.45) is 7.98. The van der Waals surface area contributed by atoms with Gasteiger partial charge >= 0.3 is 5.97 Å². The van der Waals surface area contributed by atoms with Gasteiger partial charge in [0.05, 0.1) is 6.04 Å². The van der Waals surface area contributed by atoms with Crippen molar-refractivity contribution in [3.05, 3.63) is 24.5 Å². The molecule has 1 aromatic heterocycles. The maximum absolute atomic E-state index is 12.1. The predicted octanol–water partition coefficient (Wildman–Crippen LogP) is 1.01. The fraction of sp³-hybridized carbons (Fsp3) is 0.611. The molecule has 2 fully saturated rings. The summed E-state index contributed by atoms with van der Waals surface area (Å²) >= 11 is 0. The molecule has 2 aliphatic rings. The van der Waals surface area contributed by atoms with E-state index in [-0.39, 0.29) is 11.9 Å². The number of nitrogens with zero attached hydrogens (tertiary/aromatic N) is 2. The molecule has 0 aromatic carbocycles. The highest BCUT2D eigenvalue weighted by atomic mass is 16.4. The van der Waals surface area contributed by atoms with Crippen LogP contribution in [0.2, 0.25) is 0 Å². The zero-order valence-electron chi connectivity index (χ0n) is 14.4. The largest absolute Gasteiger partial charge is 0.480 e. The van der Waals surface area contributed by atoms with E-state index in [0.29, 0.717) is 25.3 Å². The van der Waals surface area contributed by atoms with Crippen molar-refractivity contribution >= 4 is 17.6 Å². The molecular weight excluding hydrogens is 320 g/mol. The summed E-state index contributed by atoms with van der Waals surface area (Å²) in [5, 5.41) is 14.8. The molecule has 0 radical (unpaired) electrons. The van der Waals surface area contributed by atoms with E-state index in [1.807, 2.05) is 24.5 Å². The Morgan fingerprint density at radius 2 is 1.84 bits per heavy atom. The SMILES string of the molecule is O=C(O)[C@@H]1CC[C@H](C(=O)NCCC2CCN(c3ccncc3)CC2)N1. The first-order chi connectivity index (χ1) is 12.1. The first-order valence-corrected chi connectivity index (χ1v) is 9.05. The van der Waals surface area contributed by atoms with Gasteiger partial charge in [0.25, 0.3) is 0 Å². The summed E-state index contributed by atoms with van der Waals surface area (Å²) in [6.45, 7) is 2.73. The maximum Gasteiger partial charge on any atom is 0.320 e. The number of aliphatic carboxylic acids is 1. The molecule has 7 heteroatoms. The van der Waals surface area contributed by atoms with Crippen molar-refractivity contribution in [2.45, 2.75) is 44.2 Å². The first kappa shape index (κ1) is 17.7. The van der Waals surface area contributed by atoms with Gasteiger partial charge in [-0.05, 0) is 50.2 Å². The summed E-state index contributed by atoms with van der Waals surface area (Å²) in [5.41, 5.74) is 1.22. The van der Waals surface area contributed by atoms with Gasteiger partial charge in [-0.3, -0.25) is 19.9 Å². The fourth-order valence-electron chi connectivity index (χ4n) is 3.70. The molecule has 7 nitrogen and oxygen atoms in total. The molecule has 0 unspecified atom stereocenters. The normalized spacial score (nSPS) is 24.2. The third-order valence-electron chi connectivity index (χ3n) is 5.26. The molecular formula is C18H26N4O3. The molecule has 3 rings (SSSR count). The van der Waals surface area contributed by atoms with Crippen LogP contribution in [0.1, 0.15) is 32.1 Å². The van der Waals surface area contributed by atoms with Gasteiger partial charge in [0.1, 0.15) is 6.04 Å². The number of piperidine rings is 1. The highest BCUT2D eigenvalue weighted by Gasteiger charge is 2.32. The number of carboxylic acid groups (broad SMARTS) is 1. The van der Waals surface area contributed by atoms with Gasteiger partial charge in [-0.1, -0.05) is 0 Å². The Hall–Kier alpha value is -2.15. The highest BCUT2D eigenvalue weighted by Crippen LogP contribution is 2.24. The third kappa shape index (κ3) is 4.69. The third-order valence-corrected chi connectivity index (χ3v) is 5.26. The van der Waals surface area contributed by atoms with E-state index >= 15 is 0 Å². The van der Waals surface area contributed by atoms with Crippen molar-refractivity contribution in [3.8, 4) is 0 Å². The van der Waals surface area contributed by atoms with Crippen molar-refractivity contribution in [1.82, 2.24) is 15.6 Å². The Labute approximate surface area is 147 Å². The Bertz CT molecular complexity index is 587. The second-order valence-corrected chi connectivity index (χ2v) is 6.90. The van der Waals surface area contributed by atoms with Crippen LogP contribution in [0.5, 0.6) is 0 Å². The number of carboxylic acids is 1. The number of nitrogens with one attached hydrogen (secondary N) is 2. The lowest BCUT2D eigenvalue weighted by molar-refractivity contribution is -0.139. The van der Waals surface area contributed by atoms with Crippen LogP contribution in [0.3, 0.4) is 0 Å². The van der Waals surface area contributed by atoms with E-state index in [1.54, 1.807) is 0 Å². The van der Waals surface area contributed by atoms with Gasteiger partial charge in [0.2, 0.25) is 5.91 Å². The minimum atomic E-state index is -0.878. The summed E-state index contributed by atoms with van der Waals surface area (Å²) in [4.78, 5) is 29.5. The van der Waals surface area contributed by atoms with Crippen LogP contribution in [0.25, 0.3) is 0 Å². The van der Waals surface area contributed by atoms with E-state index in [0.717, 1.165) is 32.4 Å². The van der Waals surface area contributed by atoms with Gasteiger partial charge in [-0.25, -0.2) is 0 Å². The number of carbonyl (C=O) groups excluding carboxylic acids is 1. The van der Waals surface area contributed by atoms with Crippen LogP contribution in [-0.4, -0.2) is 53.7 Å². The van der Waals surface area contributed by atoms with Crippen molar-refractivity contribution in [3.63, 3.8) is 0 Å². The van der Waals surface area contributed by atoms with Gasteiger partial charge in [0, 0.05) is 37.7 Å². The summed E-state index contributed by atoms with van der Waals surface area (Å²) in [6, 6.07) is 3.13. The van der Waals surface area contributed by atoms with Crippen LogP contribution in [-0.2, 0) is 9.59 Å². The van der Waals surface area contributed by atoms with Crippen molar-refractivity contribution in [2.75, 3.05) is 24.5 Å². The molecule has 1 amide bonds. The van der Waals surface area contributed by atoms with E-state index in [2.05, 4.69) is 20.5 Å². The molecule has 25 heavy (non-hydrogen) atoms. The number of amides is 1. The molecule has 1 aromatic rings. The number of carbonyl (C=O) groups is 2. The highest BCUT2D eigenvalue weighted by molar-refractivity contribution is 5.84. The molecule has 2 aliphatic heterocycles. The van der Waals surface area contributed by atoms with Crippen LogP contribution >= 0.6 is 0 Å². The molecule has 0 aliphatic carbocycles. The van der Waals surface area contributed by atoms with Crippen molar-refractivity contribution in [1.29, 1.82) is 0 Å². The molecule has 136 valence electrons. The molecule has 2 saturated heterocycles. The Kier molecular flexibility index (Phi) is 5.86. The van der Waals surface area contributed by atoms with E-state index in [1.165, 1.54) is 5.69 Å². The van der Waals surface area contributed by atoms with Crippen LogP contribution in [0.15, 0.2) is 24.5 Å². The standard InChI is InChI=1S/C18H26N4O3/c23-17(15-1-2-16(21-15)18(24)25)20-10-3-13-6-11-22(12-7-13)14-4-8-19-9-5-14/h4-5,8-9,13,15-16,21H,1-3,6-7,10-12H2,(H,20,23)(H,24,25)/t15-,16+/m1/s1. The topological polar surface area (TPSA) is 94.6 Å². The average molecular weight is 346 g/mol. The van der Waals surface area contributed by atoms with Crippen LogP contribution in [0, 0.1) is 5.92 Å². The molecule has 3 heterocycles. The van der Waals surface area contributed by atoms with Gasteiger partial charge in [0.15, 0.2) is 0 Å². The first-order valence-electron chi connectivity index (χ1n) is 9.05.